The lowest BCUT2D eigenvalue weighted by Crippen LogP contribution is -2.08. The number of sulfone groups is 1. The molecule has 0 atom stereocenters. The van der Waals surface area contributed by atoms with Gasteiger partial charge in [-0.1, -0.05) is 78.4 Å². The lowest BCUT2D eigenvalue weighted by molar-refractivity contribution is 0.0472. The van der Waals surface area contributed by atoms with Crippen LogP contribution in [0, 0.1) is 6.92 Å². The van der Waals surface area contributed by atoms with E-state index in [0.717, 1.165) is 5.56 Å². The van der Waals surface area contributed by atoms with E-state index in [4.69, 9.17) is 4.74 Å². The molecule has 0 N–H and O–H groups in total. The van der Waals surface area contributed by atoms with Gasteiger partial charge in [0.05, 0.1) is 16.2 Å². The third-order valence-electron chi connectivity index (χ3n) is 5.52. The zero-order valence-electron chi connectivity index (χ0n) is 19.2. The second kappa shape index (κ2) is 10.5. The molecule has 4 aromatic carbocycles. The fourth-order valence-corrected chi connectivity index (χ4v) is 4.92. The lowest BCUT2D eigenvalue weighted by Gasteiger charge is -2.08. The zero-order valence-corrected chi connectivity index (χ0v) is 20.0. The molecule has 0 radical (unpaired) electrons. The summed E-state index contributed by atoms with van der Waals surface area (Å²) in [5.41, 5.74) is 3.68. The molecule has 0 bridgehead atoms. The van der Waals surface area contributed by atoms with Crippen molar-refractivity contribution in [2.75, 3.05) is 0 Å². The number of ether oxygens (including phenoxy) is 1. The summed E-state index contributed by atoms with van der Waals surface area (Å²) in [4.78, 5) is 25.4. The van der Waals surface area contributed by atoms with E-state index in [-0.39, 0.29) is 23.0 Å². The van der Waals surface area contributed by atoms with Gasteiger partial charge in [-0.25, -0.2) is 13.2 Å². The van der Waals surface area contributed by atoms with Crippen LogP contribution in [0.4, 0.5) is 0 Å². The number of ketones is 1. The van der Waals surface area contributed by atoms with Crippen molar-refractivity contribution in [3.05, 3.63) is 137 Å². The van der Waals surface area contributed by atoms with Gasteiger partial charge in [0, 0.05) is 11.1 Å². The Balaban J connectivity index is 1.38. The maximum atomic E-state index is 12.6. The summed E-state index contributed by atoms with van der Waals surface area (Å²) in [5.74, 6) is -0.791. The third-order valence-corrected chi connectivity index (χ3v) is 7.23. The van der Waals surface area contributed by atoms with Gasteiger partial charge in [-0.05, 0) is 48.4 Å². The number of rotatable bonds is 8. The predicted molar refractivity (Wildman–Crippen MR) is 134 cm³/mol. The van der Waals surface area contributed by atoms with Gasteiger partial charge in [0.1, 0.15) is 6.61 Å². The van der Waals surface area contributed by atoms with Crippen molar-refractivity contribution in [2.24, 2.45) is 0 Å². The van der Waals surface area contributed by atoms with Gasteiger partial charge in [0.25, 0.3) is 0 Å². The fraction of sp³-hybridized carbons (Fsp3) is 0.103. The molecule has 6 heteroatoms. The molecule has 0 amide bonds. The van der Waals surface area contributed by atoms with Gasteiger partial charge in [-0.3, -0.25) is 4.79 Å². The van der Waals surface area contributed by atoms with E-state index >= 15 is 0 Å². The van der Waals surface area contributed by atoms with Gasteiger partial charge in [-0.15, -0.1) is 0 Å². The summed E-state index contributed by atoms with van der Waals surface area (Å²) in [6.45, 7) is 1.91. The molecule has 0 heterocycles. The van der Waals surface area contributed by atoms with E-state index < -0.39 is 15.8 Å². The van der Waals surface area contributed by atoms with E-state index in [1.54, 1.807) is 84.9 Å². The van der Waals surface area contributed by atoms with Gasteiger partial charge in [-0.2, -0.15) is 0 Å². The van der Waals surface area contributed by atoms with Crippen LogP contribution in [-0.2, 0) is 26.9 Å². The Bertz CT molecular complexity index is 1440. The molecule has 4 aromatic rings. The van der Waals surface area contributed by atoms with Crippen LogP contribution in [0.3, 0.4) is 0 Å². The number of benzene rings is 4. The Kier molecular flexibility index (Phi) is 7.22. The second-order valence-electron chi connectivity index (χ2n) is 8.24. The smallest absolute Gasteiger partial charge is 0.338 e. The molecule has 0 fully saturated rings. The van der Waals surface area contributed by atoms with Gasteiger partial charge < -0.3 is 4.74 Å². The van der Waals surface area contributed by atoms with Crippen LogP contribution in [0.15, 0.2) is 108 Å². The highest BCUT2D eigenvalue weighted by molar-refractivity contribution is 7.90. The van der Waals surface area contributed by atoms with E-state index in [2.05, 4.69) is 0 Å². The summed E-state index contributed by atoms with van der Waals surface area (Å²) >= 11 is 0. The molecule has 35 heavy (non-hydrogen) atoms. The minimum atomic E-state index is -3.48. The largest absolute Gasteiger partial charge is 0.457 e. The number of hydrogen-bond acceptors (Lipinski definition) is 5. The number of carbonyl (C=O) groups excluding carboxylic acids is 2. The Labute approximate surface area is 204 Å². The third kappa shape index (κ3) is 6.11. The lowest BCUT2D eigenvalue weighted by atomic mass is 10.0. The average molecular weight is 485 g/mol. The Morgan fingerprint density at radius 3 is 2.03 bits per heavy atom. The number of hydrogen-bond donors (Lipinski definition) is 0. The standard InChI is InChI=1S/C29H24O5S/c1-21-10-16-27(17-11-21)35(32,33)20-22-12-14-25(15-13-22)29(31)34-19-23-6-5-9-26(18-23)28(30)24-7-3-2-4-8-24/h2-18H,19-20H2,1H3. The van der Waals surface area contributed by atoms with Crippen molar-refractivity contribution in [3.8, 4) is 0 Å². The summed E-state index contributed by atoms with van der Waals surface area (Å²) in [5, 5.41) is 0. The van der Waals surface area contributed by atoms with Crippen molar-refractivity contribution in [3.63, 3.8) is 0 Å². The molecule has 0 aromatic heterocycles. The SMILES string of the molecule is Cc1ccc(S(=O)(=O)Cc2ccc(C(=O)OCc3cccc(C(=O)c4ccccc4)c3)cc2)cc1. The van der Waals surface area contributed by atoms with Crippen LogP contribution in [-0.4, -0.2) is 20.2 Å². The van der Waals surface area contributed by atoms with E-state index in [1.165, 1.54) is 0 Å². The van der Waals surface area contributed by atoms with Crippen molar-refractivity contribution in [1.29, 1.82) is 0 Å². The molecule has 0 aliphatic carbocycles. The maximum absolute atomic E-state index is 12.6. The minimum Gasteiger partial charge on any atom is -0.457 e. The Morgan fingerprint density at radius 2 is 1.34 bits per heavy atom. The molecular weight excluding hydrogens is 460 g/mol. The van der Waals surface area contributed by atoms with Crippen molar-refractivity contribution in [2.45, 2.75) is 24.2 Å². The van der Waals surface area contributed by atoms with Crippen molar-refractivity contribution < 1.29 is 22.7 Å². The monoisotopic (exact) mass is 484 g/mol. The van der Waals surface area contributed by atoms with Gasteiger partial charge in [0.15, 0.2) is 15.6 Å². The molecule has 0 saturated carbocycles. The predicted octanol–water partition coefficient (Wildman–Crippen LogP) is 5.56. The molecule has 0 aliphatic heterocycles. The minimum absolute atomic E-state index is 0.0122. The number of carbonyl (C=O) groups is 2. The first-order valence-corrected chi connectivity index (χ1v) is 12.7. The highest BCUT2D eigenvalue weighted by atomic mass is 32.2. The summed E-state index contributed by atoms with van der Waals surface area (Å²) in [6, 6.07) is 29.0. The topological polar surface area (TPSA) is 77.5 Å². The molecule has 5 nitrogen and oxygen atoms in total. The summed E-state index contributed by atoms with van der Waals surface area (Å²) < 4.78 is 30.7. The van der Waals surface area contributed by atoms with E-state index in [1.807, 2.05) is 25.1 Å². The first-order valence-electron chi connectivity index (χ1n) is 11.1. The highest BCUT2D eigenvalue weighted by Gasteiger charge is 2.16. The molecule has 0 spiro atoms. The second-order valence-corrected chi connectivity index (χ2v) is 10.2. The normalized spacial score (nSPS) is 11.1. The number of aryl methyl sites for hydroxylation is 1. The van der Waals surface area contributed by atoms with Crippen molar-refractivity contribution >= 4 is 21.6 Å². The average Bonchev–Trinajstić information content (AvgIpc) is 2.88. The molecule has 4 rings (SSSR count). The van der Waals surface area contributed by atoms with E-state index in [0.29, 0.717) is 27.8 Å². The van der Waals surface area contributed by atoms with Crippen LogP contribution in [0.5, 0.6) is 0 Å². The maximum Gasteiger partial charge on any atom is 0.338 e. The molecule has 0 saturated heterocycles. The van der Waals surface area contributed by atoms with Crippen LogP contribution in [0.1, 0.15) is 43.0 Å². The van der Waals surface area contributed by atoms with Crippen molar-refractivity contribution in [1.82, 2.24) is 0 Å². The highest BCUT2D eigenvalue weighted by Crippen LogP contribution is 2.18. The molecule has 176 valence electrons. The molecular formula is C29H24O5S. The number of esters is 1. The van der Waals surface area contributed by atoms with Gasteiger partial charge >= 0.3 is 5.97 Å². The zero-order chi connectivity index (χ0) is 24.8. The summed E-state index contributed by atoms with van der Waals surface area (Å²) in [7, 11) is -3.48. The van der Waals surface area contributed by atoms with Gasteiger partial charge in [0.2, 0.25) is 0 Å². The van der Waals surface area contributed by atoms with Crippen LogP contribution in [0.2, 0.25) is 0 Å². The molecule has 0 unspecified atom stereocenters. The van der Waals surface area contributed by atoms with Crippen LogP contribution in [0.25, 0.3) is 0 Å². The van der Waals surface area contributed by atoms with E-state index in [9.17, 15) is 18.0 Å². The first kappa shape index (κ1) is 24.1. The Morgan fingerprint density at radius 1 is 0.686 bits per heavy atom. The van der Waals surface area contributed by atoms with Crippen LogP contribution >= 0.6 is 0 Å². The van der Waals surface area contributed by atoms with Crippen LogP contribution < -0.4 is 0 Å². The molecule has 0 aliphatic rings. The first-order chi connectivity index (χ1) is 16.8. The summed E-state index contributed by atoms with van der Waals surface area (Å²) in [6.07, 6.45) is 0. The fourth-order valence-electron chi connectivity index (χ4n) is 3.58. The Hall–Kier alpha value is -4.03. The quantitative estimate of drug-likeness (QED) is 0.242.